The molecular weight excluding hydrogens is 380 g/mol. The number of carboxylic acids is 1. The summed E-state index contributed by atoms with van der Waals surface area (Å²) in [5.41, 5.74) is 1.28. The number of benzene rings is 2. The molecule has 2 aromatic rings. The van der Waals surface area contributed by atoms with E-state index in [9.17, 15) is 21.6 Å². The van der Waals surface area contributed by atoms with Gasteiger partial charge in [-0.3, -0.25) is 9.52 Å². The van der Waals surface area contributed by atoms with Crippen LogP contribution in [0.25, 0.3) is 0 Å². The van der Waals surface area contributed by atoms with Gasteiger partial charge >= 0.3 is 5.97 Å². The summed E-state index contributed by atoms with van der Waals surface area (Å²) in [4.78, 5) is 10.6. The van der Waals surface area contributed by atoms with Crippen molar-refractivity contribution in [1.82, 2.24) is 0 Å². The van der Waals surface area contributed by atoms with E-state index in [2.05, 4.69) is 4.72 Å². The molecule has 0 aliphatic heterocycles. The number of nitrogens with two attached hydrogens (primary N) is 1. The molecule has 0 amide bonds. The molecule has 10 heteroatoms. The molecule has 26 heavy (non-hydrogen) atoms. The lowest BCUT2D eigenvalue weighted by molar-refractivity contribution is -0.136. The molecule has 140 valence electrons. The number of primary sulfonamides is 1. The number of aliphatic carboxylic acids is 1. The van der Waals surface area contributed by atoms with Gasteiger partial charge in [-0.25, -0.2) is 22.0 Å². The fourth-order valence-corrected chi connectivity index (χ4v) is 3.95. The molecule has 2 rings (SSSR count). The van der Waals surface area contributed by atoms with Crippen molar-refractivity contribution in [2.24, 2.45) is 5.14 Å². The molecule has 8 nitrogen and oxygen atoms in total. The first-order valence-corrected chi connectivity index (χ1v) is 10.7. The third-order valence-corrected chi connectivity index (χ3v) is 5.54. The minimum absolute atomic E-state index is 0.00780. The van der Waals surface area contributed by atoms with Crippen molar-refractivity contribution in [2.45, 2.75) is 23.5 Å². The third kappa shape index (κ3) is 6.14. The Morgan fingerprint density at radius 1 is 1.00 bits per heavy atom. The molecule has 0 atom stereocenters. The number of hydrogen-bond donors (Lipinski definition) is 3. The Balaban J connectivity index is 2.15. The Bertz CT molecular complexity index is 999. The van der Waals surface area contributed by atoms with Crippen LogP contribution in [-0.2, 0) is 37.0 Å². The van der Waals surface area contributed by atoms with E-state index < -0.39 is 31.8 Å². The maximum absolute atomic E-state index is 12.4. The molecule has 0 fully saturated rings. The molecule has 0 saturated heterocycles. The van der Waals surface area contributed by atoms with Gasteiger partial charge in [0, 0.05) is 12.1 Å². The van der Waals surface area contributed by atoms with Crippen molar-refractivity contribution < 1.29 is 26.7 Å². The van der Waals surface area contributed by atoms with Crippen molar-refractivity contribution in [3.8, 4) is 0 Å². The van der Waals surface area contributed by atoms with Crippen LogP contribution in [0.4, 0.5) is 5.69 Å². The van der Waals surface area contributed by atoms with E-state index in [1.54, 1.807) is 12.1 Å². The van der Waals surface area contributed by atoms with Crippen molar-refractivity contribution in [2.75, 3.05) is 4.72 Å². The van der Waals surface area contributed by atoms with E-state index in [-0.39, 0.29) is 17.0 Å². The van der Waals surface area contributed by atoms with E-state index in [1.807, 2.05) is 0 Å². The summed E-state index contributed by atoms with van der Waals surface area (Å²) < 4.78 is 49.5. The van der Waals surface area contributed by atoms with Crippen LogP contribution in [0, 0.1) is 0 Å². The summed E-state index contributed by atoms with van der Waals surface area (Å²) in [6, 6.07) is 11.8. The topological polar surface area (TPSA) is 144 Å². The molecule has 0 unspecified atom stereocenters. The SMILES string of the molecule is NS(=O)(=O)Cc1cccc(NS(=O)(=O)c2ccc(CCC(=O)O)cc2)c1. The first kappa shape index (κ1) is 19.9. The molecule has 0 spiro atoms. The summed E-state index contributed by atoms with van der Waals surface area (Å²) in [5.74, 6) is -1.33. The molecule has 0 saturated carbocycles. The van der Waals surface area contributed by atoms with Gasteiger partial charge in [0.15, 0.2) is 0 Å². The zero-order valence-electron chi connectivity index (χ0n) is 13.6. The standard InChI is InChI=1S/C16H18N2O6S2/c17-25(21,22)11-13-2-1-3-14(10-13)18-26(23,24)15-7-4-12(5-8-15)6-9-16(19)20/h1-5,7-8,10,18H,6,9,11H2,(H,19,20)(H2,17,21,22). The van der Waals surface area contributed by atoms with Crippen molar-refractivity contribution in [1.29, 1.82) is 0 Å². The molecule has 0 aromatic heterocycles. The van der Waals surface area contributed by atoms with Crippen molar-refractivity contribution in [3.05, 3.63) is 59.7 Å². The largest absolute Gasteiger partial charge is 0.481 e. The predicted molar refractivity (Wildman–Crippen MR) is 96.5 cm³/mol. The average Bonchev–Trinajstić information content (AvgIpc) is 2.51. The molecule has 2 aromatic carbocycles. The molecule has 0 radical (unpaired) electrons. The van der Waals surface area contributed by atoms with Crippen LogP contribution in [0.3, 0.4) is 0 Å². The Morgan fingerprint density at radius 2 is 1.65 bits per heavy atom. The monoisotopic (exact) mass is 398 g/mol. The summed E-state index contributed by atoms with van der Waals surface area (Å²) in [5, 5.41) is 13.7. The van der Waals surface area contributed by atoms with Crippen LogP contribution in [0.15, 0.2) is 53.4 Å². The van der Waals surface area contributed by atoms with Crippen molar-refractivity contribution >= 4 is 31.7 Å². The molecule has 4 N–H and O–H groups in total. The molecular formula is C16H18N2O6S2. The smallest absolute Gasteiger partial charge is 0.303 e. The lowest BCUT2D eigenvalue weighted by Gasteiger charge is -2.10. The molecule has 0 bridgehead atoms. The lowest BCUT2D eigenvalue weighted by atomic mass is 10.1. The minimum atomic E-state index is -3.87. The highest BCUT2D eigenvalue weighted by atomic mass is 32.2. The Morgan fingerprint density at radius 3 is 2.23 bits per heavy atom. The van der Waals surface area contributed by atoms with Crippen LogP contribution in [0.2, 0.25) is 0 Å². The van der Waals surface area contributed by atoms with Gasteiger partial charge in [-0.15, -0.1) is 0 Å². The summed E-state index contributed by atoms with van der Waals surface area (Å²) in [7, 11) is -7.59. The summed E-state index contributed by atoms with van der Waals surface area (Å²) >= 11 is 0. The molecule has 0 aliphatic carbocycles. The van der Waals surface area contributed by atoms with E-state index >= 15 is 0 Å². The second-order valence-corrected chi connectivity index (χ2v) is 8.95. The van der Waals surface area contributed by atoms with Gasteiger partial charge in [-0.2, -0.15) is 0 Å². The average molecular weight is 398 g/mol. The normalized spacial score (nSPS) is 11.9. The number of carboxylic acid groups (broad SMARTS) is 1. The zero-order valence-corrected chi connectivity index (χ0v) is 15.3. The quantitative estimate of drug-likeness (QED) is 0.611. The Hall–Kier alpha value is -2.43. The maximum atomic E-state index is 12.4. The van der Waals surface area contributed by atoms with E-state index in [1.165, 1.54) is 36.4 Å². The number of sulfonamides is 2. The summed E-state index contributed by atoms with van der Waals surface area (Å²) in [6.07, 6.45) is 0.264. The van der Waals surface area contributed by atoms with Crippen LogP contribution in [-0.4, -0.2) is 27.9 Å². The molecule has 0 heterocycles. The predicted octanol–water partition coefficient (Wildman–Crippen LogP) is 1.29. The van der Waals surface area contributed by atoms with Gasteiger partial charge in [-0.05, 0) is 41.8 Å². The maximum Gasteiger partial charge on any atom is 0.303 e. The van der Waals surface area contributed by atoms with Gasteiger partial charge in [0.25, 0.3) is 10.0 Å². The second kappa shape index (κ2) is 7.85. The van der Waals surface area contributed by atoms with Crippen LogP contribution < -0.4 is 9.86 Å². The third-order valence-electron chi connectivity index (χ3n) is 3.41. The van der Waals surface area contributed by atoms with Crippen LogP contribution in [0.1, 0.15) is 17.5 Å². The van der Waals surface area contributed by atoms with Crippen LogP contribution >= 0.6 is 0 Å². The highest BCUT2D eigenvalue weighted by molar-refractivity contribution is 7.92. The Kier molecular flexibility index (Phi) is 6.01. The second-order valence-electron chi connectivity index (χ2n) is 5.65. The van der Waals surface area contributed by atoms with Crippen LogP contribution in [0.5, 0.6) is 0 Å². The number of hydrogen-bond acceptors (Lipinski definition) is 5. The highest BCUT2D eigenvalue weighted by Crippen LogP contribution is 2.19. The molecule has 0 aliphatic rings. The number of nitrogens with one attached hydrogen (secondary N) is 1. The highest BCUT2D eigenvalue weighted by Gasteiger charge is 2.15. The fraction of sp³-hybridized carbons (Fsp3) is 0.188. The van der Waals surface area contributed by atoms with Gasteiger partial charge in [0.2, 0.25) is 10.0 Å². The van der Waals surface area contributed by atoms with Gasteiger partial charge < -0.3 is 5.11 Å². The minimum Gasteiger partial charge on any atom is -0.481 e. The van der Waals surface area contributed by atoms with E-state index in [0.29, 0.717) is 17.5 Å². The van der Waals surface area contributed by atoms with E-state index in [0.717, 1.165) is 0 Å². The fourth-order valence-electron chi connectivity index (χ4n) is 2.26. The van der Waals surface area contributed by atoms with Gasteiger partial charge in [-0.1, -0.05) is 24.3 Å². The number of anilines is 1. The summed E-state index contributed by atoms with van der Waals surface area (Å²) in [6.45, 7) is 0. The first-order valence-electron chi connectivity index (χ1n) is 7.48. The van der Waals surface area contributed by atoms with E-state index in [4.69, 9.17) is 10.2 Å². The van der Waals surface area contributed by atoms with Gasteiger partial charge in [0.05, 0.1) is 10.6 Å². The van der Waals surface area contributed by atoms with Crippen molar-refractivity contribution in [3.63, 3.8) is 0 Å². The lowest BCUT2D eigenvalue weighted by Crippen LogP contribution is -2.15. The number of carbonyl (C=O) groups is 1. The van der Waals surface area contributed by atoms with Gasteiger partial charge in [0.1, 0.15) is 0 Å². The first-order chi connectivity index (χ1) is 12.0. The number of aryl methyl sites for hydroxylation is 1. The number of rotatable bonds is 8. The zero-order chi connectivity index (χ0) is 19.4. The Labute approximate surface area is 151 Å².